The van der Waals surface area contributed by atoms with Crippen LogP contribution in [-0.2, 0) is 14.4 Å². The van der Waals surface area contributed by atoms with Gasteiger partial charge >= 0.3 is 5.97 Å². The fraction of sp³-hybridized carbons (Fsp3) is 0.700. The van der Waals surface area contributed by atoms with Gasteiger partial charge in [0.05, 0.1) is 5.92 Å². The quantitative estimate of drug-likeness (QED) is 0.595. The van der Waals surface area contributed by atoms with Gasteiger partial charge in [-0.25, -0.2) is 4.79 Å². The SMILES string of the molecule is CC(C)[C@H](NC(=O)C1CNC(=O)C1)C(=O)O. The maximum Gasteiger partial charge on any atom is 0.326 e. The van der Waals surface area contributed by atoms with Crippen molar-refractivity contribution in [3.05, 3.63) is 0 Å². The number of carboxylic acid groups (broad SMARTS) is 1. The molecule has 1 rings (SSSR count). The molecule has 1 aliphatic heterocycles. The Morgan fingerprint density at radius 1 is 1.50 bits per heavy atom. The molecule has 0 aromatic heterocycles. The number of amides is 2. The molecule has 1 aliphatic rings. The summed E-state index contributed by atoms with van der Waals surface area (Å²) in [6, 6.07) is -0.900. The molecule has 0 saturated carbocycles. The second-order valence-electron chi connectivity index (χ2n) is 4.27. The molecular weight excluding hydrogens is 212 g/mol. The van der Waals surface area contributed by atoms with E-state index in [1.54, 1.807) is 13.8 Å². The molecule has 90 valence electrons. The van der Waals surface area contributed by atoms with E-state index in [0.29, 0.717) is 0 Å². The molecule has 0 bridgehead atoms. The van der Waals surface area contributed by atoms with Crippen LogP contribution in [-0.4, -0.2) is 35.5 Å². The minimum atomic E-state index is -1.05. The van der Waals surface area contributed by atoms with E-state index in [1.807, 2.05) is 0 Å². The van der Waals surface area contributed by atoms with Gasteiger partial charge in [-0.2, -0.15) is 0 Å². The number of nitrogens with one attached hydrogen (secondary N) is 2. The van der Waals surface area contributed by atoms with E-state index < -0.39 is 17.9 Å². The first-order valence-electron chi connectivity index (χ1n) is 5.21. The summed E-state index contributed by atoms with van der Waals surface area (Å²) < 4.78 is 0. The zero-order chi connectivity index (χ0) is 12.3. The van der Waals surface area contributed by atoms with E-state index >= 15 is 0 Å². The predicted octanol–water partition coefficient (Wildman–Crippen LogP) is -0.652. The molecule has 0 spiro atoms. The van der Waals surface area contributed by atoms with Crippen LogP contribution in [0.2, 0.25) is 0 Å². The van der Waals surface area contributed by atoms with E-state index in [-0.39, 0.29) is 30.7 Å². The van der Waals surface area contributed by atoms with Crippen molar-refractivity contribution in [3.8, 4) is 0 Å². The van der Waals surface area contributed by atoms with Gasteiger partial charge in [0.1, 0.15) is 6.04 Å². The third kappa shape index (κ3) is 2.95. The number of carbonyl (C=O) groups is 3. The van der Waals surface area contributed by atoms with Gasteiger partial charge in [0.15, 0.2) is 0 Å². The van der Waals surface area contributed by atoms with Crippen LogP contribution in [0.4, 0.5) is 0 Å². The van der Waals surface area contributed by atoms with Crippen molar-refractivity contribution >= 4 is 17.8 Å². The van der Waals surface area contributed by atoms with Crippen LogP contribution in [0.3, 0.4) is 0 Å². The highest BCUT2D eigenvalue weighted by atomic mass is 16.4. The van der Waals surface area contributed by atoms with Crippen LogP contribution < -0.4 is 10.6 Å². The highest BCUT2D eigenvalue weighted by Crippen LogP contribution is 2.10. The molecule has 6 heteroatoms. The summed E-state index contributed by atoms with van der Waals surface area (Å²) in [5.41, 5.74) is 0. The third-order valence-electron chi connectivity index (χ3n) is 2.58. The average Bonchev–Trinajstić information content (AvgIpc) is 2.59. The predicted molar refractivity (Wildman–Crippen MR) is 55.5 cm³/mol. The zero-order valence-electron chi connectivity index (χ0n) is 9.32. The van der Waals surface area contributed by atoms with Gasteiger partial charge in [-0.15, -0.1) is 0 Å². The van der Waals surface area contributed by atoms with Crippen molar-refractivity contribution in [3.63, 3.8) is 0 Å². The maximum atomic E-state index is 11.6. The largest absolute Gasteiger partial charge is 0.480 e. The number of carboxylic acids is 1. The highest BCUT2D eigenvalue weighted by molar-refractivity contribution is 5.91. The van der Waals surface area contributed by atoms with Crippen molar-refractivity contribution < 1.29 is 19.5 Å². The first-order valence-corrected chi connectivity index (χ1v) is 5.21. The topological polar surface area (TPSA) is 95.5 Å². The Hall–Kier alpha value is -1.59. The van der Waals surface area contributed by atoms with Gasteiger partial charge < -0.3 is 15.7 Å². The molecule has 1 unspecified atom stereocenters. The molecule has 0 radical (unpaired) electrons. The van der Waals surface area contributed by atoms with E-state index in [0.717, 1.165) is 0 Å². The van der Waals surface area contributed by atoms with Crippen LogP contribution in [0.25, 0.3) is 0 Å². The normalized spacial score (nSPS) is 21.7. The summed E-state index contributed by atoms with van der Waals surface area (Å²) in [4.78, 5) is 33.4. The van der Waals surface area contributed by atoms with Gasteiger partial charge in [0, 0.05) is 13.0 Å². The smallest absolute Gasteiger partial charge is 0.326 e. The lowest BCUT2D eigenvalue weighted by molar-refractivity contribution is -0.143. The first-order chi connectivity index (χ1) is 7.41. The Balaban J connectivity index is 2.55. The molecule has 0 aliphatic carbocycles. The second kappa shape index (κ2) is 4.96. The van der Waals surface area contributed by atoms with Crippen LogP contribution in [0.15, 0.2) is 0 Å². The molecule has 2 amide bonds. The van der Waals surface area contributed by atoms with Crippen molar-refractivity contribution in [1.82, 2.24) is 10.6 Å². The standard InChI is InChI=1S/C10H16N2O4/c1-5(2)8(10(15)16)12-9(14)6-3-7(13)11-4-6/h5-6,8H,3-4H2,1-2H3,(H,11,13)(H,12,14)(H,15,16)/t6?,8-/m0/s1. The molecule has 1 saturated heterocycles. The number of hydrogen-bond donors (Lipinski definition) is 3. The molecule has 2 atom stereocenters. The summed E-state index contributed by atoms with van der Waals surface area (Å²) in [5, 5.41) is 13.9. The van der Waals surface area contributed by atoms with Crippen molar-refractivity contribution in [2.45, 2.75) is 26.3 Å². The van der Waals surface area contributed by atoms with Gasteiger partial charge in [0.25, 0.3) is 0 Å². The fourth-order valence-electron chi connectivity index (χ4n) is 1.58. The molecule has 1 heterocycles. The molecular formula is C10H16N2O4. The van der Waals surface area contributed by atoms with E-state index in [2.05, 4.69) is 10.6 Å². The maximum absolute atomic E-state index is 11.6. The minimum absolute atomic E-state index is 0.135. The number of carbonyl (C=O) groups excluding carboxylic acids is 2. The zero-order valence-corrected chi connectivity index (χ0v) is 9.32. The second-order valence-corrected chi connectivity index (χ2v) is 4.27. The molecule has 0 aromatic rings. The van der Waals surface area contributed by atoms with Crippen LogP contribution in [0.5, 0.6) is 0 Å². The molecule has 0 aromatic carbocycles. The van der Waals surface area contributed by atoms with E-state index in [9.17, 15) is 14.4 Å². The summed E-state index contributed by atoms with van der Waals surface area (Å²) >= 11 is 0. The Kier molecular flexibility index (Phi) is 3.87. The van der Waals surface area contributed by atoms with Gasteiger partial charge in [0.2, 0.25) is 11.8 Å². The van der Waals surface area contributed by atoms with E-state index in [1.165, 1.54) is 0 Å². The highest BCUT2D eigenvalue weighted by Gasteiger charge is 2.31. The van der Waals surface area contributed by atoms with Gasteiger partial charge in [-0.3, -0.25) is 9.59 Å². The fourth-order valence-corrected chi connectivity index (χ4v) is 1.58. The summed E-state index contributed by atoms with van der Waals surface area (Å²) in [7, 11) is 0. The lowest BCUT2D eigenvalue weighted by atomic mass is 10.0. The number of rotatable bonds is 4. The molecule has 16 heavy (non-hydrogen) atoms. The van der Waals surface area contributed by atoms with Gasteiger partial charge in [-0.05, 0) is 5.92 Å². The summed E-state index contributed by atoms with van der Waals surface area (Å²) in [5.74, 6) is -2.24. The van der Waals surface area contributed by atoms with Crippen molar-refractivity contribution in [2.75, 3.05) is 6.54 Å². The van der Waals surface area contributed by atoms with Crippen molar-refractivity contribution in [1.29, 1.82) is 0 Å². The first kappa shape index (κ1) is 12.5. The Morgan fingerprint density at radius 3 is 2.50 bits per heavy atom. The lowest BCUT2D eigenvalue weighted by Gasteiger charge is -2.19. The minimum Gasteiger partial charge on any atom is -0.480 e. The average molecular weight is 228 g/mol. The van der Waals surface area contributed by atoms with Gasteiger partial charge in [-0.1, -0.05) is 13.8 Å². The monoisotopic (exact) mass is 228 g/mol. The van der Waals surface area contributed by atoms with Crippen molar-refractivity contribution in [2.24, 2.45) is 11.8 Å². The third-order valence-corrected chi connectivity index (χ3v) is 2.58. The lowest BCUT2D eigenvalue weighted by Crippen LogP contribution is -2.47. The molecule has 6 nitrogen and oxygen atoms in total. The van der Waals surface area contributed by atoms with E-state index in [4.69, 9.17) is 5.11 Å². The molecule has 1 fully saturated rings. The molecule has 3 N–H and O–H groups in total. The van der Waals surface area contributed by atoms with Crippen LogP contribution in [0, 0.1) is 11.8 Å². The Bertz CT molecular complexity index is 314. The van der Waals surface area contributed by atoms with Crippen LogP contribution in [0.1, 0.15) is 20.3 Å². The summed E-state index contributed by atoms with van der Waals surface area (Å²) in [6.45, 7) is 3.73. The number of aliphatic carboxylic acids is 1. The Labute approximate surface area is 93.4 Å². The van der Waals surface area contributed by atoms with Crippen LogP contribution >= 0.6 is 0 Å². The number of hydrogen-bond acceptors (Lipinski definition) is 3. The summed E-state index contributed by atoms with van der Waals surface area (Å²) in [6.07, 6.45) is 0.135. The Morgan fingerprint density at radius 2 is 2.12 bits per heavy atom.